The standard InChI is InChI=1S/C18H14F2N4O/c19-14-4-2-1-3-13(14)18(7-8-18)17(25)22-16-6-10-24(23-16)12-5-9-21-15(20)11-12/h1-6,9-11H,7-8H2,(H,22,23,25). The van der Waals surface area contributed by atoms with E-state index in [-0.39, 0.29) is 11.7 Å². The van der Waals surface area contributed by atoms with Crippen LogP contribution < -0.4 is 5.32 Å². The van der Waals surface area contributed by atoms with E-state index in [0.29, 0.717) is 29.9 Å². The number of nitrogens with zero attached hydrogens (tertiary/aromatic N) is 3. The van der Waals surface area contributed by atoms with E-state index in [2.05, 4.69) is 15.4 Å². The summed E-state index contributed by atoms with van der Waals surface area (Å²) in [5.41, 5.74) is 0.0594. The molecule has 0 radical (unpaired) electrons. The van der Waals surface area contributed by atoms with Crippen LogP contribution in [0.5, 0.6) is 0 Å². The average Bonchev–Trinajstić information content (AvgIpc) is 3.28. The summed E-state index contributed by atoms with van der Waals surface area (Å²) in [5.74, 6) is -0.961. The lowest BCUT2D eigenvalue weighted by molar-refractivity contribution is -0.118. The van der Waals surface area contributed by atoms with Gasteiger partial charge in [0.05, 0.1) is 11.1 Å². The first-order valence-electron chi connectivity index (χ1n) is 7.83. The van der Waals surface area contributed by atoms with Crippen molar-refractivity contribution in [3.63, 3.8) is 0 Å². The molecule has 3 aromatic rings. The quantitative estimate of drug-likeness (QED) is 0.742. The van der Waals surface area contributed by atoms with E-state index in [1.54, 1.807) is 36.5 Å². The number of anilines is 1. The Morgan fingerprint density at radius 1 is 1.16 bits per heavy atom. The summed E-state index contributed by atoms with van der Waals surface area (Å²) in [5, 5.41) is 6.94. The highest BCUT2D eigenvalue weighted by atomic mass is 19.1. The molecule has 2 aromatic heterocycles. The lowest BCUT2D eigenvalue weighted by Gasteiger charge is -2.15. The highest BCUT2D eigenvalue weighted by Crippen LogP contribution is 2.49. The fourth-order valence-electron chi connectivity index (χ4n) is 2.90. The van der Waals surface area contributed by atoms with E-state index in [0.717, 1.165) is 0 Å². The van der Waals surface area contributed by atoms with Crippen LogP contribution in [0.4, 0.5) is 14.6 Å². The van der Waals surface area contributed by atoms with Gasteiger partial charge in [-0.25, -0.2) is 14.1 Å². The van der Waals surface area contributed by atoms with Crippen molar-refractivity contribution in [2.75, 3.05) is 5.32 Å². The minimum atomic E-state index is -0.835. The number of carbonyl (C=O) groups is 1. The molecule has 1 aliphatic rings. The van der Waals surface area contributed by atoms with E-state index in [1.807, 2.05) is 0 Å². The maximum atomic E-state index is 14.0. The normalized spacial score (nSPS) is 15.0. The zero-order chi connectivity index (χ0) is 17.4. The predicted octanol–water partition coefficient (Wildman–Crippen LogP) is 3.22. The van der Waals surface area contributed by atoms with E-state index in [1.165, 1.54) is 23.0 Å². The van der Waals surface area contributed by atoms with Crippen LogP contribution in [0, 0.1) is 11.8 Å². The predicted molar refractivity (Wildman–Crippen MR) is 87.3 cm³/mol. The van der Waals surface area contributed by atoms with E-state index < -0.39 is 11.4 Å². The van der Waals surface area contributed by atoms with Gasteiger partial charge in [0, 0.05) is 30.1 Å². The van der Waals surface area contributed by atoms with Gasteiger partial charge in [-0.05, 0) is 25.0 Å². The molecule has 1 N–H and O–H groups in total. The van der Waals surface area contributed by atoms with Crippen molar-refractivity contribution in [2.45, 2.75) is 18.3 Å². The van der Waals surface area contributed by atoms with Crippen molar-refractivity contribution < 1.29 is 13.6 Å². The fraction of sp³-hybridized carbons (Fsp3) is 0.167. The number of amides is 1. The lowest BCUT2D eigenvalue weighted by atomic mass is 9.94. The molecule has 1 aliphatic carbocycles. The van der Waals surface area contributed by atoms with Gasteiger partial charge in [0.1, 0.15) is 5.82 Å². The summed E-state index contributed by atoms with van der Waals surface area (Å²) < 4.78 is 28.7. The van der Waals surface area contributed by atoms with E-state index >= 15 is 0 Å². The molecule has 5 nitrogen and oxygen atoms in total. The number of carbonyl (C=O) groups excluding carboxylic acids is 1. The maximum Gasteiger partial charge on any atom is 0.236 e. The molecular weight excluding hydrogens is 326 g/mol. The monoisotopic (exact) mass is 340 g/mol. The summed E-state index contributed by atoms with van der Waals surface area (Å²) in [6, 6.07) is 10.8. The second-order valence-electron chi connectivity index (χ2n) is 6.00. The summed E-state index contributed by atoms with van der Waals surface area (Å²) >= 11 is 0. The topological polar surface area (TPSA) is 59.8 Å². The highest BCUT2D eigenvalue weighted by molar-refractivity contribution is 6.00. The minimum absolute atomic E-state index is 0.288. The Morgan fingerprint density at radius 2 is 1.96 bits per heavy atom. The SMILES string of the molecule is O=C(Nc1ccn(-c2ccnc(F)c2)n1)C1(c2ccccc2F)CC1. The van der Waals surface area contributed by atoms with Gasteiger partial charge in [0.25, 0.3) is 0 Å². The Labute approximate surface area is 142 Å². The molecule has 7 heteroatoms. The van der Waals surface area contributed by atoms with Crippen molar-refractivity contribution in [3.05, 3.63) is 72.2 Å². The summed E-state index contributed by atoms with van der Waals surface area (Å²) in [6.07, 6.45) is 4.13. The second-order valence-corrected chi connectivity index (χ2v) is 6.00. The summed E-state index contributed by atoms with van der Waals surface area (Å²) in [4.78, 5) is 16.1. The Morgan fingerprint density at radius 3 is 2.68 bits per heavy atom. The largest absolute Gasteiger partial charge is 0.308 e. The van der Waals surface area contributed by atoms with Crippen LogP contribution in [0.2, 0.25) is 0 Å². The van der Waals surface area contributed by atoms with Crippen molar-refractivity contribution in [1.29, 1.82) is 0 Å². The molecule has 0 saturated heterocycles. The van der Waals surface area contributed by atoms with Crippen LogP contribution >= 0.6 is 0 Å². The Kier molecular flexibility index (Phi) is 3.56. The number of pyridine rings is 1. The van der Waals surface area contributed by atoms with Crippen LogP contribution in [-0.4, -0.2) is 20.7 Å². The molecule has 126 valence electrons. The Bertz CT molecular complexity index is 950. The van der Waals surface area contributed by atoms with Crippen LogP contribution in [0.1, 0.15) is 18.4 Å². The van der Waals surface area contributed by atoms with Gasteiger partial charge in [0.15, 0.2) is 5.82 Å². The molecule has 1 fully saturated rings. The number of benzene rings is 1. The Hall–Kier alpha value is -3.09. The van der Waals surface area contributed by atoms with Gasteiger partial charge in [-0.1, -0.05) is 18.2 Å². The van der Waals surface area contributed by atoms with Crippen LogP contribution in [-0.2, 0) is 10.2 Å². The summed E-state index contributed by atoms with van der Waals surface area (Å²) in [7, 11) is 0. The number of nitrogens with one attached hydrogen (secondary N) is 1. The third-order valence-corrected chi connectivity index (χ3v) is 4.38. The first-order valence-corrected chi connectivity index (χ1v) is 7.83. The van der Waals surface area contributed by atoms with Crippen LogP contribution in [0.25, 0.3) is 5.69 Å². The van der Waals surface area contributed by atoms with Crippen molar-refractivity contribution in [1.82, 2.24) is 14.8 Å². The molecule has 1 aromatic carbocycles. The first kappa shape index (κ1) is 15.4. The van der Waals surface area contributed by atoms with Gasteiger partial charge in [0.2, 0.25) is 11.9 Å². The third kappa shape index (κ3) is 2.77. The molecular formula is C18H14F2N4O. The second kappa shape index (κ2) is 5.77. The number of rotatable bonds is 4. The molecule has 0 aliphatic heterocycles. The molecule has 1 saturated carbocycles. The average molecular weight is 340 g/mol. The molecule has 0 bridgehead atoms. The smallest absolute Gasteiger partial charge is 0.236 e. The summed E-state index contributed by atoms with van der Waals surface area (Å²) in [6.45, 7) is 0. The molecule has 0 atom stereocenters. The van der Waals surface area contributed by atoms with Crippen LogP contribution in [0.15, 0.2) is 54.9 Å². The van der Waals surface area contributed by atoms with E-state index in [4.69, 9.17) is 0 Å². The lowest BCUT2D eigenvalue weighted by Crippen LogP contribution is -2.29. The van der Waals surface area contributed by atoms with Gasteiger partial charge in [-0.2, -0.15) is 9.49 Å². The van der Waals surface area contributed by atoms with Gasteiger partial charge in [-0.15, -0.1) is 0 Å². The number of hydrogen-bond donors (Lipinski definition) is 1. The van der Waals surface area contributed by atoms with Crippen LogP contribution in [0.3, 0.4) is 0 Å². The number of halogens is 2. The zero-order valence-corrected chi connectivity index (χ0v) is 13.1. The van der Waals surface area contributed by atoms with Gasteiger partial charge >= 0.3 is 0 Å². The maximum absolute atomic E-state index is 14.0. The molecule has 0 spiro atoms. The molecule has 2 heterocycles. The van der Waals surface area contributed by atoms with Crippen molar-refractivity contribution in [2.24, 2.45) is 0 Å². The number of hydrogen-bond acceptors (Lipinski definition) is 3. The zero-order valence-electron chi connectivity index (χ0n) is 13.1. The number of aromatic nitrogens is 3. The Balaban J connectivity index is 1.55. The molecule has 25 heavy (non-hydrogen) atoms. The van der Waals surface area contributed by atoms with Gasteiger partial charge in [-0.3, -0.25) is 4.79 Å². The van der Waals surface area contributed by atoms with Gasteiger partial charge < -0.3 is 5.32 Å². The van der Waals surface area contributed by atoms with Crippen molar-refractivity contribution in [3.8, 4) is 5.69 Å². The first-order chi connectivity index (χ1) is 12.1. The molecule has 0 unspecified atom stereocenters. The van der Waals surface area contributed by atoms with E-state index in [9.17, 15) is 13.6 Å². The van der Waals surface area contributed by atoms with Crippen molar-refractivity contribution >= 4 is 11.7 Å². The third-order valence-electron chi connectivity index (χ3n) is 4.38. The fourth-order valence-corrected chi connectivity index (χ4v) is 2.90. The minimum Gasteiger partial charge on any atom is -0.308 e. The molecule has 1 amide bonds. The molecule has 4 rings (SSSR count). The highest BCUT2D eigenvalue weighted by Gasteiger charge is 2.52.